The molecule has 82 valence electrons. The average molecular weight is 194 g/mol. The van der Waals surface area contributed by atoms with Crippen LogP contribution in [0.25, 0.3) is 0 Å². The normalized spacial score (nSPS) is 14.2. The van der Waals surface area contributed by atoms with Crippen LogP contribution in [0.2, 0.25) is 0 Å². The Morgan fingerprint density at radius 3 is 2.21 bits per heavy atom. The Balaban J connectivity index is 3.18. The second-order valence-corrected chi connectivity index (χ2v) is 4.07. The fourth-order valence-corrected chi connectivity index (χ4v) is 1.30. The van der Waals surface area contributed by atoms with E-state index >= 15 is 0 Å². The summed E-state index contributed by atoms with van der Waals surface area (Å²) in [6.45, 7) is 6.66. The Morgan fingerprint density at radius 2 is 1.64 bits per heavy atom. The van der Waals surface area contributed by atoms with Crippen LogP contribution in [0, 0.1) is 5.92 Å². The molecule has 0 bridgehead atoms. The van der Waals surface area contributed by atoms with Gasteiger partial charge in [0.1, 0.15) is 0 Å². The summed E-state index contributed by atoms with van der Waals surface area (Å²) in [6, 6.07) is 0. The van der Waals surface area contributed by atoms with E-state index in [2.05, 4.69) is 45.1 Å². The van der Waals surface area contributed by atoms with E-state index in [4.69, 9.17) is 0 Å². The van der Waals surface area contributed by atoms with Gasteiger partial charge in [0.15, 0.2) is 0 Å². The molecule has 0 aliphatic heterocycles. The molecule has 0 saturated carbocycles. The third-order valence-electron chi connectivity index (χ3n) is 2.63. The van der Waals surface area contributed by atoms with Crippen LogP contribution in [0.4, 0.5) is 0 Å². The molecule has 0 amide bonds. The van der Waals surface area contributed by atoms with Gasteiger partial charge in [-0.25, -0.2) is 0 Å². The molecule has 0 N–H and O–H groups in total. The van der Waals surface area contributed by atoms with Crippen LogP contribution in [0.5, 0.6) is 0 Å². The van der Waals surface area contributed by atoms with Crippen molar-refractivity contribution in [3.8, 4) is 0 Å². The van der Waals surface area contributed by atoms with E-state index in [-0.39, 0.29) is 0 Å². The van der Waals surface area contributed by atoms with Crippen molar-refractivity contribution in [1.29, 1.82) is 0 Å². The summed E-state index contributed by atoms with van der Waals surface area (Å²) in [4.78, 5) is 0. The molecular formula is C14H26. The summed E-state index contributed by atoms with van der Waals surface area (Å²) < 4.78 is 0. The molecule has 0 aliphatic rings. The first-order chi connectivity index (χ1) is 6.81. The molecule has 14 heavy (non-hydrogen) atoms. The summed E-state index contributed by atoms with van der Waals surface area (Å²) in [5.41, 5.74) is 0. The van der Waals surface area contributed by atoms with E-state index in [9.17, 15) is 0 Å². The van der Waals surface area contributed by atoms with Crippen molar-refractivity contribution < 1.29 is 0 Å². The molecule has 0 spiro atoms. The van der Waals surface area contributed by atoms with Crippen LogP contribution in [-0.2, 0) is 0 Å². The Labute approximate surface area is 90.1 Å². The highest BCUT2D eigenvalue weighted by atomic mass is 14.0. The summed E-state index contributed by atoms with van der Waals surface area (Å²) in [6.07, 6.45) is 16.8. The Kier molecular flexibility index (Phi) is 10.2. The topological polar surface area (TPSA) is 0 Å². The Hall–Kier alpha value is -0.520. The van der Waals surface area contributed by atoms with Gasteiger partial charge < -0.3 is 0 Å². The highest BCUT2D eigenvalue weighted by molar-refractivity contribution is 4.83. The van der Waals surface area contributed by atoms with Gasteiger partial charge in [0.05, 0.1) is 0 Å². The van der Waals surface area contributed by atoms with Gasteiger partial charge >= 0.3 is 0 Å². The first-order valence-corrected chi connectivity index (χ1v) is 6.07. The van der Waals surface area contributed by atoms with Gasteiger partial charge in [-0.2, -0.15) is 0 Å². The molecule has 0 heteroatoms. The number of unbranched alkanes of at least 4 members (excludes halogenated alkanes) is 3. The zero-order valence-corrected chi connectivity index (χ0v) is 10.1. The number of allylic oxidation sites excluding steroid dienone is 4. The van der Waals surface area contributed by atoms with Crippen LogP contribution in [-0.4, -0.2) is 0 Å². The Morgan fingerprint density at radius 1 is 1.00 bits per heavy atom. The fourth-order valence-electron chi connectivity index (χ4n) is 1.30. The van der Waals surface area contributed by atoms with Crippen molar-refractivity contribution in [2.24, 2.45) is 5.92 Å². The lowest BCUT2D eigenvalue weighted by molar-refractivity contribution is 0.571. The van der Waals surface area contributed by atoms with Crippen LogP contribution < -0.4 is 0 Å². The van der Waals surface area contributed by atoms with Crippen LogP contribution in [0.15, 0.2) is 24.3 Å². The number of hydrogen-bond donors (Lipinski definition) is 0. The van der Waals surface area contributed by atoms with Crippen molar-refractivity contribution in [2.75, 3.05) is 0 Å². The molecule has 0 rings (SSSR count). The minimum atomic E-state index is 0.856. The lowest BCUT2D eigenvalue weighted by atomic mass is 10.0. The SMILES string of the molecule is CC=CCCCCC=CCC(C)CC. The monoisotopic (exact) mass is 194 g/mol. The van der Waals surface area contributed by atoms with E-state index in [0.717, 1.165) is 5.92 Å². The van der Waals surface area contributed by atoms with Crippen LogP contribution in [0.3, 0.4) is 0 Å². The van der Waals surface area contributed by atoms with Gasteiger partial charge in [-0.05, 0) is 44.9 Å². The summed E-state index contributed by atoms with van der Waals surface area (Å²) >= 11 is 0. The molecule has 0 aliphatic carbocycles. The van der Waals surface area contributed by atoms with Crippen molar-refractivity contribution >= 4 is 0 Å². The first-order valence-electron chi connectivity index (χ1n) is 6.07. The lowest BCUT2D eigenvalue weighted by Gasteiger charge is -2.02. The predicted octanol–water partition coefficient (Wildman–Crippen LogP) is 5.12. The van der Waals surface area contributed by atoms with Gasteiger partial charge in [0.25, 0.3) is 0 Å². The molecule has 1 unspecified atom stereocenters. The van der Waals surface area contributed by atoms with Crippen molar-refractivity contribution in [3.05, 3.63) is 24.3 Å². The minimum Gasteiger partial charge on any atom is -0.0917 e. The van der Waals surface area contributed by atoms with Crippen LogP contribution >= 0.6 is 0 Å². The summed E-state index contributed by atoms with van der Waals surface area (Å²) in [5.74, 6) is 0.856. The molecule has 0 nitrogen and oxygen atoms in total. The van der Waals surface area contributed by atoms with Gasteiger partial charge in [0, 0.05) is 0 Å². The van der Waals surface area contributed by atoms with Gasteiger partial charge in [0.2, 0.25) is 0 Å². The lowest BCUT2D eigenvalue weighted by Crippen LogP contribution is -1.87. The first kappa shape index (κ1) is 13.5. The van der Waals surface area contributed by atoms with Gasteiger partial charge in [-0.15, -0.1) is 0 Å². The van der Waals surface area contributed by atoms with E-state index in [1.54, 1.807) is 0 Å². The molecular weight excluding hydrogens is 168 g/mol. The van der Waals surface area contributed by atoms with Crippen LogP contribution in [0.1, 0.15) is 59.3 Å². The van der Waals surface area contributed by atoms with E-state index in [0.29, 0.717) is 0 Å². The van der Waals surface area contributed by atoms with E-state index in [1.165, 1.54) is 38.5 Å². The van der Waals surface area contributed by atoms with E-state index in [1.807, 2.05) is 0 Å². The summed E-state index contributed by atoms with van der Waals surface area (Å²) in [5, 5.41) is 0. The fraction of sp³-hybridized carbons (Fsp3) is 0.714. The van der Waals surface area contributed by atoms with Crippen molar-refractivity contribution in [2.45, 2.75) is 59.3 Å². The molecule has 0 fully saturated rings. The standard InChI is InChI=1S/C14H26/c1-4-6-7-8-9-10-11-12-13-14(3)5-2/h4,6,11-12,14H,5,7-10,13H2,1-3H3. The highest BCUT2D eigenvalue weighted by Gasteiger charge is 1.92. The third kappa shape index (κ3) is 9.57. The molecule has 1 atom stereocenters. The summed E-state index contributed by atoms with van der Waals surface area (Å²) in [7, 11) is 0. The second-order valence-electron chi connectivity index (χ2n) is 4.07. The zero-order chi connectivity index (χ0) is 10.6. The molecule has 0 radical (unpaired) electrons. The third-order valence-corrected chi connectivity index (χ3v) is 2.63. The van der Waals surface area contributed by atoms with Crippen molar-refractivity contribution in [1.82, 2.24) is 0 Å². The maximum atomic E-state index is 2.35. The zero-order valence-electron chi connectivity index (χ0n) is 10.1. The van der Waals surface area contributed by atoms with Gasteiger partial charge in [-0.1, -0.05) is 44.6 Å². The molecule has 0 heterocycles. The van der Waals surface area contributed by atoms with Gasteiger partial charge in [-0.3, -0.25) is 0 Å². The largest absolute Gasteiger partial charge is 0.0917 e. The smallest absolute Gasteiger partial charge is 0.0325 e. The molecule has 0 aromatic rings. The maximum Gasteiger partial charge on any atom is -0.0325 e. The second kappa shape index (κ2) is 10.6. The van der Waals surface area contributed by atoms with Crippen molar-refractivity contribution in [3.63, 3.8) is 0 Å². The highest BCUT2D eigenvalue weighted by Crippen LogP contribution is 2.08. The predicted molar refractivity (Wildman–Crippen MR) is 66.5 cm³/mol. The molecule has 0 saturated heterocycles. The minimum absolute atomic E-state index is 0.856. The molecule has 0 aromatic heterocycles. The van der Waals surface area contributed by atoms with E-state index < -0.39 is 0 Å². The number of rotatable bonds is 8. The quantitative estimate of drug-likeness (QED) is 0.372. The molecule has 0 aromatic carbocycles. The maximum absolute atomic E-state index is 2.35. The number of hydrogen-bond acceptors (Lipinski definition) is 0. The average Bonchev–Trinajstić information content (AvgIpc) is 2.21. The Bertz CT molecular complexity index is 153.